The van der Waals surface area contributed by atoms with Gasteiger partial charge in [-0.1, -0.05) is 24.3 Å². The van der Waals surface area contributed by atoms with E-state index in [1.54, 1.807) is 17.5 Å². The Morgan fingerprint density at radius 1 is 0.920 bits per heavy atom. The molecule has 0 atom stereocenters. The topological polar surface area (TPSA) is 47.0 Å². The summed E-state index contributed by atoms with van der Waals surface area (Å²) in [6.07, 6.45) is -3.23. The summed E-state index contributed by atoms with van der Waals surface area (Å²) in [6.45, 7) is 0. The molecule has 25 heavy (non-hydrogen) atoms. The van der Waals surface area contributed by atoms with Crippen LogP contribution in [-0.4, -0.2) is 19.7 Å². The summed E-state index contributed by atoms with van der Waals surface area (Å²) in [4.78, 5) is 4.64. The predicted octanol–water partition coefficient (Wildman–Crippen LogP) is 4.90. The molecule has 3 aromatic rings. The Hall–Kier alpha value is -2.19. The van der Waals surface area contributed by atoms with E-state index < -0.39 is 21.6 Å². The molecule has 0 bridgehead atoms. The molecule has 0 spiro atoms. The van der Waals surface area contributed by atoms with Crippen LogP contribution >= 0.6 is 11.3 Å². The number of halogens is 3. The van der Waals surface area contributed by atoms with E-state index in [9.17, 15) is 21.6 Å². The van der Waals surface area contributed by atoms with Crippen LogP contribution in [0.2, 0.25) is 0 Å². The first kappa shape index (κ1) is 17.6. The van der Waals surface area contributed by atoms with Crippen molar-refractivity contribution in [3.05, 3.63) is 59.5 Å². The van der Waals surface area contributed by atoms with Gasteiger partial charge in [-0.05, 0) is 24.3 Å². The third-order valence-corrected chi connectivity index (χ3v) is 5.56. The molecule has 0 aliphatic carbocycles. The van der Waals surface area contributed by atoms with Crippen molar-refractivity contribution in [3.8, 4) is 21.8 Å². The molecule has 0 aliphatic rings. The maximum absolute atomic E-state index is 12.6. The van der Waals surface area contributed by atoms with Crippen LogP contribution in [0.1, 0.15) is 5.56 Å². The molecule has 0 unspecified atom stereocenters. The molecule has 8 heteroatoms. The van der Waals surface area contributed by atoms with E-state index in [1.807, 2.05) is 0 Å². The number of sulfone groups is 1. The van der Waals surface area contributed by atoms with Crippen LogP contribution in [0.25, 0.3) is 21.8 Å². The van der Waals surface area contributed by atoms with E-state index in [1.165, 1.54) is 35.6 Å². The van der Waals surface area contributed by atoms with Gasteiger partial charge in [0, 0.05) is 22.8 Å². The van der Waals surface area contributed by atoms with Gasteiger partial charge in [-0.3, -0.25) is 0 Å². The Labute approximate surface area is 146 Å². The number of alkyl halides is 3. The van der Waals surface area contributed by atoms with E-state index in [0.29, 0.717) is 16.3 Å². The summed E-state index contributed by atoms with van der Waals surface area (Å²) in [5.41, 5.74) is 1.20. The second-order valence-electron chi connectivity index (χ2n) is 5.41. The van der Waals surface area contributed by atoms with Crippen molar-refractivity contribution in [2.45, 2.75) is 11.1 Å². The quantitative estimate of drug-likeness (QED) is 0.646. The van der Waals surface area contributed by atoms with Crippen molar-refractivity contribution >= 4 is 21.2 Å². The Bertz CT molecular complexity index is 990. The van der Waals surface area contributed by atoms with Crippen molar-refractivity contribution < 1.29 is 21.6 Å². The smallest absolute Gasteiger partial charge is 0.236 e. The molecule has 130 valence electrons. The summed E-state index contributed by atoms with van der Waals surface area (Å²) in [6, 6.07) is 11.1. The van der Waals surface area contributed by atoms with E-state index in [0.717, 1.165) is 24.0 Å². The third-order valence-electron chi connectivity index (χ3n) is 3.54. The number of rotatable bonds is 3. The molecule has 0 N–H and O–H groups in total. The molecule has 0 saturated heterocycles. The molecule has 2 aromatic carbocycles. The molecule has 0 fully saturated rings. The highest BCUT2D eigenvalue weighted by atomic mass is 32.2. The van der Waals surface area contributed by atoms with Gasteiger partial charge in [-0.2, -0.15) is 13.2 Å². The highest BCUT2D eigenvalue weighted by Crippen LogP contribution is 2.33. The minimum Gasteiger partial charge on any atom is -0.236 e. The largest absolute Gasteiger partial charge is 0.416 e. The van der Waals surface area contributed by atoms with Gasteiger partial charge in [0.2, 0.25) is 0 Å². The van der Waals surface area contributed by atoms with Gasteiger partial charge in [0.15, 0.2) is 9.84 Å². The minimum absolute atomic E-state index is 0.218. The summed E-state index contributed by atoms with van der Waals surface area (Å²) in [5.74, 6) is 0. The number of hydrogen-bond donors (Lipinski definition) is 0. The van der Waals surface area contributed by atoms with Crippen LogP contribution in [0.3, 0.4) is 0 Å². The molecule has 1 aromatic heterocycles. The monoisotopic (exact) mass is 383 g/mol. The molecule has 1 heterocycles. The lowest BCUT2D eigenvalue weighted by Gasteiger charge is -2.06. The Morgan fingerprint density at radius 3 is 2.00 bits per heavy atom. The summed E-state index contributed by atoms with van der Waals surface area (Å²) >= 11 is 1.34. The number of aromatic nitrogens is 1. The molecule has 0 saturated carbocycles. The predicted molar refractivity (Wildman–Crippen MR) is 91.1 cm³/mol. The number of thiazole rings is 1. The van der Waals surface area contributed by atoms with E-state index in [2.05, 4.69) is 4.98 Å². The first-order valence-electron chi connectivity index (χ1n) is 7.08. The van der Waals surface area contributed by atoms with Gasteiger partial charge >= 0.3 is 6.18 Å². The van der Waals surface area contributed by atoms with Crippen LogP contribution < -0.4 is 0 Å². The van der Waals surface area contributed by atoms with Crippen LogP contribution in [0.4, 0.5) is 13.2 Å². The second kappa shape index (κ2) is 6.27. The van der Waals surface area contributed by atoms with Crippen LogP contribution in [0, 0.1) is 0 Å². The number of hydrogen-bond acceptors (Lipinski definition) is 4. The molecule has 0 amide bonds. The Kier molecular flexibility index (Phi) is 4.42. The highest BCUT2D eigenvalue weighted by Gasteiger charge is 2.30. The molecular weight excluding hydrogens is 371 g/mol. The molecular formula is C17H12F3NO2S2. The standard InChI is InChI=1S/C17H12F3NO2S2/c1-25(22,23)14-8-4-12(5-9-14)16-21-15(10-24-16)11-2-6-13(7-3-11)17(18,19)20/h2-10H,1H3. The van der Waals surface area contributed by atoms with E-state index in [-0.39, 0.29) is 4.90 Å². The Balaban J connectivity index is 1.87. The fourth-order valence-corrected chi connectivity index (χ4v) is 3.68. The minimum atomic E-state index is -4.37. The first-order valence-corrected chi connectivity index (χ1v) is 9.85. The second-order valence-corrected chi connectivity index (χ2v) is 8.28. The first-order chi connectivity index (χ1) is 11.6. The normalized spacial score (nSPS) is 12.3. The Morgan fingerprint density at radius 2 is 1.48 bits per heavy atom. The number of benzene rings is 2. The maximum atomic E-state index is 12.6. The van der Waals surface area contributed by atoms with E-state index >= 15 is 0 Å². The van der Waals surface area contributed by atoms with E-state index in [4.69, 9.17) is 0 Å². The van der Waals surface area contributed by atoms with Crippen molar-refractivity contribution in [1.82, 2.24) is 4.98 Å². The lowest BCUT2D eigenvalue weighted by atomic mass is 10.1. The van der Waals surface area contributed by atoms with Crippen molar-refractivity contribution in [3.63, 3.8) is 0 Å². The lowest BCUT2D eigenvalue weighted by molar-refractivity contribution is -0.137. The van der Waals surface area contributed by atoms with Crippen LogP contribution in [0.5, 0.6) is 0 Å². The number of nitrogens with zero attached hydrogens (tertiary/aromatic N) is 1. The van der Waals surface area contributed by atoms with Gasteiger partial charge in [-0.25, -0.2) is 13.4 Å². The van der Waals surface area contributed by atoms with Crippen LogP contribution in [-0.2, 0) is 16.0 Å². The SMILES string of the molecule is CS(=O)(=O)c1ccc(-c2nc(-c3ccc(C(F)(F)F)cc3)cs2)cc1. The highest BCUT2D eigenvalue weighted by molar-refractivity contribution is 7.90. The average Bonchev–Trinajstić information content (AvgIpc) is 3.03. The summed E-state index contributed by atoms with van der Waals surface area (Å²) in [7, 11) is -3.26. The summed E-state index contributed by atoms with van der Waals surface area (Å²) in [5, 5.41) is 2.41. The van der Waals surface area contributed by atoms with Gasteiger partial charge < -0.3 is 0 Å². The van der Waals surface area contributed by atoms with Crippen LogP contribution in [0.15, 0.2) is 58.8 Å². The average molecular weight is 383 g/mol. The fourth-order valence-electron chi connectivity index (χ4n) is 2.21. The zero-order valence-corrected chi connectivity index (χ0v) is 14.5. The molecule has 3 nitrogen and oxygen atoms in total. The molecule has 0 radical (unpaired) electrons. The molecule has 3 rings (SSSR count). The zero-order chi connectivity index (χ0) is 18.2. The van der Waals surface area contributed by atoms with Crippen molar-refractivity contribution in [2.24, 2.45) is 0 Å². The third kappa shape index (κ3) is 3.91. The van der Waals surface area contributed by atoms with Gasteiger partial charge in [-0.15, -0.1) is 11.3 Å². The van der Waals surface area contributed by atoms with Crippen molar-refractivity contribution in [1.29, 1.82) is 0 Å². The van der Waals surface area contributed by atoms with Gasteiger partial charge in [0.05, 0.1) is 16.2 Å². The molecule has 0 aliphatic heterocycles. The zero-order valence-electron chi connectivity index (χ0n) is 12.9. The summed E-state index contributed by atoms with van der Waals surface area (Å²) < 4.78 is 60.8. The van der Waals surface area contributed by atoms with Gasteiger partial charge in [0.1, 0.15) is 5.01 Å². The van der Waals surface area contributed by atoms with Crippen molar-refractivity contribution in [2.75, 3.05) is 6.26 Å². The fraction of sp³-hybridized carbons (Fsp3) is 0.118. The lowest BCUT2D eigenvalue weighted by Crippen LogP contribution is -2.03. The maximum Gasteiger partial charge on any atom is 0.416 e. The van der Waals surface area contributed by atoms with Gasteiger partial charge in [0.25, 0.3) is 0 Å².